The van der Waals surface area contributed by atoms with E-state index >= 15 is 0 Å². The Morgan fingerprint density at radius 3 is 2.76 bits per heavy atom. The van der Waals surface area contributed by atoms with E-state index in [-0.39, 0.29) is 5.63 Å². The molecule has 3 aromatic rings. The van der Waals surface area contributed by atoms with Crippen LogP contribution in [-0.2, 0) is 6.42 Å². The van der Waals surface area contributed by atoms with Crippen molar-refractivity contribution in [2.45, 2.75) is 20.3 Å². The lowest BCUT2D eigenvalue weighted by molar-refractivity contribution is 0.562. The van der Waals surface area contributed by atoms with Gasteiger partial charge in [0.05, 0.1) is 11.6 Å². The van der Waals surface area contributed by atoms with Gasteiger partial charge in [0.25, 0.3) is 0 Å². The van der Waals surface area contributed by atoms with E-state index in [1.54, 1.807) is 6.26 Å². The molecule has 0 aliphatic heterocycles. The molecule has 0 aliphatic rings. The second-order valence-corrected chi connectivity index (χ2v) is 4.18. The molecule has 3 rings (SSSR count). The van der Waals surface area contributed by atoms with Crippen LogP contribution < -0.4 is 5.63 Å². The molecule has 0 unspecified atom stereocenters. The van der Waals surface area contributed by atoms with Crippen molar-refractivity contribution < 1.29 is 8.83 Å². The lowest BCUT2D eigenvalue weighted by Gasteiger charge is -2.04. The molecule has 17 heavy (non-hydrogen) atoms. The highest BCUT2D eigenvalue weighted by atomic mass is 16.4. The average Bonchev–Trinajstić information content (AvgIpc) is 2.77. The first-order valence-electron chi connectivity index (χ1n) is 5.64. The smallest absolute Gasteiger partial charge is 0.336 e. The minimum atomic E-state index is -0.318. The second kappa shape index (κ2) is 3.48. The summed E-state index contributed by atoms with van der Waals surface area (Å²) < 4.78 is 10.8. The summed E-state index contributed by atoms with van der Waals surface area (Å²) in [6.45, 7) is 4.00. The van der Waals surface area contributed by atoms with Gasteiger partial charge in [0, 0.05) is 11.5 Å². The number of aryl methyl sites for hydroxylation is 2. The molecule has 2 aromatic heterocycles. The normalized spacial score (nSPS) is 11.4. The fourth-order valence-electron chi connectivity index (χ4n) is 2.24. The quantitative estimate of drug-likeness (QED) is 0.599. The Bertz CT molecular complexity index is 762. The molecule has 0 bridgehead atoms. The molecular weight excluding hydrogens is 216 g/mol. The molecule has 3 nitrogen and oxygen atoms in total. The van der Waals surface area contributed by atoms with Crippen LogP contribution in [0.2, 0.25) is 0 Å². The lowest BCUT2D eigenvalue weighted by Crippen LogP contribution is -1.98. The van der Waals surface area contributed by atoms with Crippen LogP contribution in [0.3, 0.4) is 0 Å². The molecule has 0 radical (unpaired) electrons. The zero-order valence-electron chi connectivity index (χ0n) is 9.74. The summed E-state index contributed by atoms with van der Waals surface area (Å²) in [5.41, 5.74) is 3.19. The van der Waals surface area contributed by atoms with E-state index in [2.05, 4.69) is 6.92 Å². The van der Waals surface area contributed by atoms with Gasteiger partial charge in [-0.15, -0.1) is 0 Å². The van der Waals surface area contributed by atoms with Gasteiger partial charge >= 0.3 is 5.63 Å². The van der Waals surface area contributed by atoms with Crippen LogP contribution in [0, 0.1) is 6.92 Å². The van der Waals surface area contributed by atoms with Crippen LogP contribution in [0.1, 0.15) is 18.1 Å². The molecule has 3 heteroatoms. The highest BCUT2D eigenvalue weighted by Gasteiger charge is 2.12. The Hall–Kier alpha value is -2.03. The van der Waals surface area contributed by atoms with Crippen LogP contribution in [-0.4, -0.2) is 0 Å². The van der Waals surface area contributed by atoms with Gasteiger partial charge in [-0.05, 0) is 36.6 Å². The minimum absolute atomic E-state index is 0.318. The largest absolute Gasteiger partial charge is 0.464 e. The van der Waals surface area contributed by atoms with Gasteiger partial charge in [0.1, 0.15) is 11.2 Å². The Labute approximate surface area is 97.7 Å². The molecule has 86 valence electrons. The monoisotopic (exact) mass is 228 g/mol. The molecule has 0 spiro atoms. The van der Waals surface area contributed by atoms with Gasteiger partial charge < -0.3 is 8.83 Å². The molecule has 0 atom stereocenters. The van der Waals surface area contributed by atoms with E-state index in [4.69, 9.17) is 8.83 Å². The van der Waals surface area contributed by atoms with Crippen molar-refractivity contribution in [3.05, 3.63) is 46.0 Å². The number of hydrogen-bond acceptors (Lipinski definition) is 3. The third-order valence-electron chi connectivity index (χ3n) is 3.11. The summed E-state index contributed by atoms with van der Waals surface area (Å²) in [4.78, 5) is 11.4. The van der Waals surface area contributed by atoms with E-state index in [9.17, 15) is 4.79 Å². The average molecular weight is 228 g/mol. The molecule has 1 aromatic carbocycles. The number of benzene rings is 1. The van der Waals surface area contributed by atoms with Gasteiger partial charge in [-0.3, -0.25) is 0 Å². The zero-order valence-corrected chi connectivity index (χ0v) is 9.74. The van der Waals surface area contributed by atoms with Crippen molar-refractivity contribution in [1.29, 1.82) is 0 Å². The van der Waals surface area contributed by atoms with Crippen LogP contribution in [0.5, 0.6) is 0 Å². The predicted molar refractivity (Wildman–Crippen MR) is 66.4 cm³/mol. The van der Waals surface area contributed by atoms with E-state index in [0.717, 1.165) is 33.9 Å². The predicted octanol–water partition coefficient (Wildman–Crippen LogP) is 3.41. The summed E-state index contributed by atoms with van der Waals surface area (Å²) in [5, 5.41) is 1.86. The Balaban J connectivity index is 2.62. The highest BCUT2D eigenvalue weighted by Crippen LogP contribution is 2.30. The van der Waals surface area contributed by atoms with Crippen LogP contribution in [0.15, 0.2) is 38.1 Å². The summed E-state index contributed by atoms with van der Waals surface area (Å²) in [6.07, 6.45) is 2.52. The van der Waals surface area contributed by atoms with Crippen LogP contribution in [0.25, 0.3) is 21.9 Å². The van der Waals surface area contributed by atoms with Crippen molar-refractivity contribution in [2.75, 3.05) is 0 Å². The Morgan fingerprint density at radius 2 is 2.00 bits per heavy atom. The summed E-state index contributed by atoms with van der Waals surface area (Å²) >= 11 is 0. The van der Waals surface area contributed by atoms with E-state index in [1.165, 1.54) is 6.07 Å². The first kappa shape index (κ1) is 10.1. The van der Waals surface area contributed by atoms with Gasteiger partial charge in [-0.2, -0.15) is 0 Å². The molecule has 2 heterocycles. The SMILES string of the molecule is CCc1cc2c(C)cc(=O)oc2c2ccoc12. The van der Waals surface area contributed by atoms with Gasteiger partial charge in [-0.1, -0.05) is 6.92 Å². The van der Waals surface area contributed by atoms with Gasteiger partial charge in [-0.25, -0.2) is 4.79 Å². The number of furan rings is 1. The molecular formula is C14H12O3. The number of hydrogen-bond donors (Lipinski definition) is 0. The van der Waals surface area contributed by atoms with Crippen molar-refractivity contribution in [1.82, 2.24) is 0 Å². The molecule has 0 amide bonds. The molecule has 0 aliphatic carbocycles. The van der Waals surface area contributed by atoms with Crippen molar-refractivity contribution in [3.63, 3.8) is 0 Å². The maximum absolute atomic E-state index is 11.4. The first-order valence-corrected chi connectivity index (χ1v) is 5.64. The second-order valence-electron chi connectivity index (χ2n) is 4.18. The summed E-state index contributed by atoms with van der Waals surface area (Å²) in [6, 6.07) is 5.41. The van der Waals surface area contributed by atoms with Crippen molar-refractivity contribution in [2.24, 2.45) is 0 Å². The zero-order chi connectivity index (χ0) is 12.0. The summed E-state index contributed by atoms with van der Waals surface area (Å²) in [7, 11) is 0. The van der Waals surface area contributed by atoms with Crippen LogP contribution in [0.4, 0.5) is 0 Å². The molecule has 0 saturated heterocycles. The van der Waals surface area contributed by atoms with E-state index in [1.807, 2.05) is 19.1 Å². The lowest BCUT2D eigenvalue weighted by atomic mass is 10.0. The van der Waals surface area contributed by atoms with Crippen molar-refractivity contribution in [3.8, 4) is 0 Å². The third-order valence-corrected chi connectivity index (χ3v) is 3.11. The third kappa shape index (κ3) is 1.39. The summed E-state index contributed by atoms with van der Waals surface area (Å²) in [5.74, 6) is 0. The number of fused-ring (bicyclic) bond motifs is 3. The minimum Gasteiger partial charge on any atom is -0.464 e. The fourth-order valence-corrected chi connectivity index (χ4v) is 2.24. The van der Waals surface area contributed by atoms with E-state index < -0.39 is 0 Å². The van der Waals surface area contributed by atoms with Crippen molar-refractivity contribution >= 4 is 21.9 Å². The first-order chi connectivity index (χ1) is 8.20. The number of rotatable bonds is 1. The maximum atomic E-state index is 11.4. The van der Waals surface area contributed by atoms with Gasteiger partial charge in [0.2, 0.25) is 0 Å². The Kier molecular flexibility index (Phi) is 2.08. The fraction of sp³-hybridized carbons (Fsp3) is 0.214. The highest BCUT2D eigenvalue weighted by molar-refractivity contribution is 6.04. The topological polar surface area (TPSA) is 43.4 Å². The molecule has 0 N–H and O–H groups in total. The standard InChI is InChI=1S/C14H12O3/c1-3-9-7-11-8(2)6-12(15)17-14(11)10-4-5-16-13(9)10/h4-7H,3H2,1-2H3. The van der Waals surface area contributed by atoms with Gasteiger partial charge in [0.15, 0.2) is 0 Å². The maximum Gasteiger partial charge on any atom is 0.336 e. The van der Waals surface area contributed by atoms with Crippen LogP contribution >= 0.6 is 0 Å². The Morgan fingerprint density at radius 1 is 1.18 bits per heavy atom. The molecule has 0 saturated carbocycles. The van der Waals surface area contributed by atoms with E-state index in [0.29, 0.717) is 5.58 Å². The molecule has 0 fully saturated rings.